The largest absolute Gasteiger partial charge is 0.465 e. The monoisotopic (exact) mass is 297 g/mol. The molecule has 0 bridgehead atoms. The Morgan fingerprint density at radius 2 is 2.18 bits per heavy atom. The third kappa shape index (κ3) is 5.28. The molecule has 22 heavy (non-hydrogen) atoms. The molecule has 1 aromatic heterocycles. The molecule has 0 fully saturated rings. The van der Waals surface area contributed by atoms with Gasteiger partial charge in [0.15, 0.2) is 0 Å². The van der Waals surface area contributed by atoms with Crippen LogP contribution in [0.4, 0.5) is 5.69 Å². The number of hydrogen-bond acceptors (Lipinski definition) is 4. The van der Waals surface area contributed by atoms with Gasteiger partial charge < -0.3 is 9.73 Å². The minimum absolute atomic E-state index is 0.169. The molecule has 0 aliphatic heterocycles. The van der Waals surface area contributed by atoms with E-state index in [1.54, 1.807) is 25.3 Å². The first-order valence-corrected chi connectivity index (χ1v) is 6.99. The van der Waals surface area contributed by atoms with Crippen molar-refractivity contribution < 1.29 is 9.21 Å². The van der Waals surface area contributed by atoms with E-state index in [4.69, 9.17) is 4.42 Å². The first-order valence-electron chi connectivity index (χ1n) is 6.99. The quantitative estimate of drug-likeness (QED) is 0.635. The summed E-state index contributed by atoms with van der Waals surface area (Å²) in [6.07, 6.45) is 5.16. The summed E-state index contributed by atoms with van der Waals surface area (Å²) in [5.74, 6) is 0.536. The number of allylic oxidation sites excluding steroid dienone is 1. The van der Waals surface area contributed by atoms with E-state index in [2.05, 4.69) is 15.8 Å². The average Bonchev–Trinajstić information content (AvgIpc) is 3.02. The average molecular weight is 297 g/mol. The van der Waals surface area contributed by atoms with Crippen molar-refractivity contribution in [3.05, 3.63) is 60.1 Å². The van der Waals surface area contributed by atoms with Crippen LogP contribution in [0.3, 0.4) is 0 Å². The molecule has 0 spiro atoms. The van der Waals surface area contributed by atoms with Crippen molar-refractivity contribution in [2.45, 2.75) is 13.8 Å². The van der Waals surface area contributed by atoms with Crippen molar-refractivity contribution >= 4 is 23.4 Å². The van der Waals surface area contributed by atoms with Gasteiger partial charge in [-0.15, -0.1) is 0 Å². The number of anilines is 1. The Bertz CT molecular complexity index is 673. The van der Waals surface area contributed by atoms with Crippen molar-refractivity contribution in [1.29, 1.82) is 0 Å². The Hall–Kier alpha value is -2.82. The molecule has 0 atom stereocenters. The Balaban J connectivity index is 1.78. The van der Waals surface area contributed by atoms with Crippen molar-refractivity contribution in [3.8, 4) is 0 Å². The van der Waals surface area contributed by atoms with Crippen LogP contribution >= 0.6 is 0 Å². The Morgan fingerprint density at radius 3 is 2.91 bits per heavy atom. The number of hydrazone groups is 1. The Labute approximate surface area is 129 Å². The number of aryl methyl sites for hydroxylation is 1. The molecule has 0 radical (unpaired) electrons. The van der Waals surface area contributed by atoms with Gasteiger partial charge in [-0.2, -0.15) is 5.10 Å². The molecule has 1 aromatic carbocycles. The normalized spacial score (nSPS) is 11.6. The summed E-state index contributed by atoms with van der Waals surface area (Å²) in [6.45, 7) is 3.97. The molecule has 1 amide bonds. The lowest BCUT2D eigenvalue weighted by Crippen LogP contribution is -2.26. The minimum atomic E-state index is -0.202. The second kappa shape index (κ2) is 7.83. The second-order valence-corrected chi connectivity index (χ2v) is 4.86. The standard InChI is InChI=1S/C17H19N3O2/c1-13-5-3-6-15(11-13)18-12-17(21)20-19-14(2)8-9-16-7-4-10-22-16/h3-11,18H,12H2,1-2H3,(H,20,21)/b9-8+,19-14-. The van der Waals surface area contributed by atoms with E-state index in [0.717, 1.165) is 17.0 Å². The van der Waals surface area contributed by atoms with Crippen LogP contribution in [0.5, 0.6) is 0 Å². The van der Waals surface area contributed by atoms with Crippen molar-refractivity contribution in [1.82, 2.24) is 5.43 Å². The molecule has 2 rings (SSSR count). The van der Waals surface area contributed by atoms with Gasteiger partial charge in [-0.05, 0) is 55.8 Å². The number of hydrogen-bond donors (Lipinski definition) is 2. The summed E-state index contributed by atoms with van der Waals surface area (Å²) in [6, 6.07) is 11.5. The van der Waals surface area contributed by atoms with Crippen LogP contribution in [0.25, 0.3) is 6.08 Å². The van der Waals surface area contributed by atoms with Crippen LogP contribution < -0.4 is 10.7 Å². The molecule has 0 unspecified atom stereocenters. The van der Waals surface area contributed by atoms with Crippen LogP contribution in [0, 0.1) is 6.92 Å². The maximum atomic E-state index is 11.7. The fourth-order valence-corrected chi connectivity index (χ4v) is 1.75. The van der Waals surface area contributed by atoms with E-state index in [1.807, 2.05) is 43.3 Å². The summed E-state index contributed by atoms with van der Waals surface area (Å²) >= 11 is 0. The highest BCUT2D eigenvalue weighted by molar-refractivity contribution is 5.96. The lowest BCUT2D eigenvalue weighted by Gasteiger charge is -2.06. The molecular weight excluding hydrogens is 278 g/mol. The second-order valence-electron chi connectivity index (χ2n) is 4.86. The van der Waals surface area contributed by atoms with Gasteiger partial charge in [-0.1, -0.05) is 12.1 Å². The molecule has 2 aromatic rings. The highest BCUT2D eigenvalue weighted by Crippen LogP contribution is 2.08. The van der Waals surface area contributed by atoms with Crippen molar-refractivity contribution in [2.75, 3.05) is 11.9 Å². The number of nitrogens with one attached hydrogen (secondary N) is 2. The van der Waals surface area contributed by atoms with Crippen LogP contribution in [0.1, 0.15) is 18.2 Å². The molecule has 1 heterocycles. The van der Waals surface area contributed by atoms with Gasteiger partial charge in [0, 0.05) is 5.69 Å². The predicted octanol–water partition coefficient (Wildman–Crippen LogP) is 3.21. The smallest absolute Gasteiger partial charge is 0.259 e. The van der Waals surface area contributed by atoms with E-state index >= 15 is 0 Å². The molecule has 0 saturated heterocycles. The maximum Gasteiger partial charge on any atom is 0.259 e. The first kappa shape index (κ1) is 15.6. The van der Waals surface area contributed by atoms with Gasteiger partial charge in [0.1, 0.15) is 5.76 Å². The Morgan fingerprint density at radius 1 is 1.32 bits per heavy atom. The van der Waals surface area contributed by atoms with Gasteiger partial charge in [-0.25, -0.2) is 5.43 Å². The van der Waals surface area contributed by atoms with E-state index in [-0.39, 0.29) is 12.5 Å². The van der Waals surface area contributed by atoms with E-state index in [1.165, 1.54) is 0 Å². The summed E-state index contributed by atoms with van der Waals surface area (Å²) < 4.78 is 5.17. The molecule has 114 valence electrons. The van der Waals surface area contributed by atoms with Crippen LogP contribution in [0.15, 0.2) is 58.3 Å². The zero-order valence-corrected chi connectivity index (χ0v) is 12.7. The van der Waals surface area contributed by atoms with E-state index < -0.39 is 0 Å². The predicted molar refractivity (Wildman–Crippen MR) is 88.7 cm³/mol. The van der Waals surface area contributed by atoms with Gasteiger partial charge in [0.2, 0.25) is 0 Å². The van der Waals surface area contributed by atoms with Gasteiger partial charge in [-0.3, -0.25) is 4.79 Å². The minimum Gasteiger partial charge on any atom is -0.465 e. The number of carbonyl (C=O) groups is 1. The third-order valence-electron chi connectivity index (χ3n) is 2.86. The van der Waals surface area contributed by atoms with Crippen LogP contribution in [-0.4, -0.2) is 18.2 Å². The van der Waals surface area contributed by atoms with Crippen molar-refractivity contribution in [3.63, 3.8) is 0 Å². The zero-order valence-electron chi connectivity index (χ0n) is 12.7. The number of amides is 1. The topological polar surface area (TPSA) is 66.6 Å². The van der Waals surface area contributed by atoms with E-state index in [0.29, 0.717) is 5.71 Å². The fraction of sp³-hybridized carbons (Fsp3) is 0.176. The SMILES string of the molecule is CC(/C=C/c1ccco1)=N/NC(=O)CNc1cccc(C)c1. The fourth-order valence-electron chi connectivity index (χ4n) is 1.75. The van der Waals surface area contributed by atoms with Crippen LogP contribution in [0.2, 0.25) is 0 Å². The zero-order chi connectivity index (χ0) is 15.8. The third-order valence-corrected chi connectivity index (χ3v) is 2.86. The molecule has 0 aliphatic carbocycles. The number of benzene rings is 1. The van der Waals surface area contributed by atoms with Crippen LogP contribution in [-0.2, 0) is 4.79 Å². The maximum absolute atomic E-state index is 11.7. The van der Waals surface area contributed by atoms with Gasteiger partial charge in [0.05, 0.1) is 18.5 Å². The lowest BCUT2D eigenvalue weighted by molar-refractivity contribution is -0.119. The first-order chi connectivity index (χ1) is 10.6. The summed E-state index contributed by atoms with van der Waals surface area (Å²) in [7, 11) is 0. The molecule has 2 N–H and O–H groups in total. The van der Waals surface area contributed by atoms with Gasteiger partial charge in [0.25, 0.3) is 5.91 Å². The molecule has 0 aliphatic rings. The number of carbonyl (C=O) groups excluding carboxylic acids is 1. The number of rotatable bonds is 6. The van der Waals surface area contributed by atoms with E-state index in [9.17, 15) is 4.79 Å². The highest BCUT2D eigenvalue weighted by atomic mass is 16.3. The molecule has 5 heteroatoms. The summed E-state index contributed by atoms with van der Waals surface area (Å²) in [5, 5.41) is 7.05. The number of nitrogens with zero attached hydrogens (tertiary/aromatic N) is 1. The van der Waals surface area contributed by atoms with Crippen molar-refractivity contribution in [2.24, 2.45) is 5.10 Å². The lowest BCUT2D eigenvalue weighted by atomic mass is 10.2. The molecule has 5 nitrogen and oxygen atoms in total. The highest BCUT2D eigenvalue weighted by Gasteiger charge is 2.00. The van der Waals surface area contributed by atoms with Gasteiger partial charge >= 0.3 is 0 Å². The summed E-state index contributed by atoms with van der Waals surface area (Å²) in [5.41, 5.74) is 5.23. The molecular formula is C17H19N3O2. The Kier molecular flexibility index (Phi) is 5.54. The number of furan rings is 1. The molecule has 0 saturated carbocycles. The summed E-state index contributed by atoms with van der Waals surface area (Å²) in [4.78, 5) is 11.7.